The summed E-state index contributed by atoms with van der Waals surface area (Å²) in [5.74, 6) is 0. The minimum atomic E-state index is 0. The lowest BCUT2D eigenvalue weighted by atomic mass is 9.79. The molecule has 3 fully saturated rings. The highest BCUT2D eigenvalue weighted by Gasteiger charge is 2.37. The van der Waals surface area contributed by atoms with E-state index >= 15 is 0 Å². The Balaban J connectivity index is 0.00000131. The van der Waals surface area contributed by atoms with Gasteiger partial charge in [-0.05, 0) is 43.3 Å². The van der Waals surface area contributed by atoms with Gasteiger partial charge in [0.1, 0.15) is 0 Å². The Morgan fingerprint density at radius 3 is 2.22 bits per heavy atom. The molecule has 0 amide bonds. The van der Waals surface area contributed by atoms with Crippen LogP contribution in [0.2, 0.25) is 0 Å². The summed E-state index contributed by atoms with van der Waals surface area (Å²) in [5, 5.41) is 3.59. The summed E-state index contributed by atoms with van der Waals surface area (Å²) in [6.07, 6.45) is 4.23. The minimum Gasteiger partial charge on any atom is -0.316 e. The summed E-state index contributed by atoms with van der Waals surface area (Å²) in [6.45, 7) is 13.6. The molecular weight excluding hydrogens is 379 g/mol. The van der Waals surface area contributed by atoms with E-state index in [2.05, 4.69) is 50.3 Å². The first-order valence-electron chi connectivity index (χ1n) is 10.2. The SMILES string of the molecule is Cl.Cl.c1ccc(CN2CCN(CCN3CCCC4(CCNC4)C3)CC2)cc1. The largest absolute Gasteiger partial charge is 0.316 e. The van der Waals surface area contributed by atoms with Gasteiger partial charge in [-0.3, -0.25) is 9.80 Å². The van der Waals surface area contributed by atoms with E-state index < -0.39 is 0 Å². The number of nitrogens with zero attached hydrogens (tertiary/aromatic N) is 3. The highest BCUT2D eigenvalue weighted by Crippen LogP contribution is 2.35. The zero-order valence-electron chi connectivity index (χ0n) is 16.4. The van der Waals surface area contributed by atoms with Crippen LogP contribution in [0.3, 0.4) is 0 Å². The average molecular weight is 415 g/mol. The lowest BCUT2D eigenvalue weighted by molar-refractivity contribution is 0.0758. The Labute approximate surface area is 177 Å². The van der Waals surface area contributed by atoms with Gasteiger partial charge in [-0.15, -0.1) is 24.8 Å². The van der Waals surface area contributed by atoms with Crippen LogP contribution in [0.25, 0.3) is 0 Å². The van der Waals surface area contributed by atoms with Crippen LogP contribution in [0.4, 0.5) is 0 Å². The van der Waals surface area contributed by atoms with E-state index in [-0.39, 0.29) is 24.8 Å². The summed E-state index contributed by atoms with van der Waals surface area (Å²) in [6, 6.07) is 10.9. The van der Waals surface area contributed by atoms with Crippen molar-refractivity contribution < 1.29 is 0 Å². The molecule has 1 aromatic carbocycles. The van der Waals surface area contributed by atoms with Crippen LogP contribution in [-0.2, 0) is 6.54 Å². The Hall–Kier alpha value is -0.360. The van der Waals surface area contributed by atoms with Gasteiger partial charge in [0.25, 0.3) is 0 Å². The highest BCUT2D eigenvalue weighted by atomic mass is 35.5. The topological polar surface area (TPSA) is 21.8 Å². The first-order chi connectivity index (χ1) is 12.3. The molecule has 1 N–H and O–H groups in total. The molecular formula is C21H36Cl2N4. The van der Waals surface area contributed by atoms with Gasteiger partial charge in [0, 0.05) is 58.9 Å². The second-order valence-electron chi connectivity index (χ2n) is 8.41. The van der Waals surface area contributed by atoms with Crippen molar-refractivity contribution in [1.29, 1.82) is 0 Å². The monoisotopic (exact) mass is 414 g/mol. The van der Waals surface area contributed by atoms with E-state index in [1.807, 2.05) is 0 Å². The van der Waals surface area contributed by atoms with Gasteiger partial charge in [0.05, 0.1) is 0 Å². The van der Waals surface area contributed by atoms with Crippen LogP contribution < -0.4 is 5.32 Å². The molecule has 1 unspecified atom stereocenters. The number of nitrogens with one attached hydrogen (secondary N) is 1. The van der Waals surface area contributed by atoms with E-state index in [9.17, 15) is 0 Å². The normalized spacial score (nSPS) is 27.3. The number of rotatable bonds is 5. The summed E-state index contributed by atoms with van der Waals surface area (Å²) < 4.78 is 0. The molecule has 4 rings (SSSR count). The Morgan fingerprint density at radius 2 is 1.52 bits per heavy atom. The molecule has 3 heterocycles. The molecule has 1 aromatic rings. The molecule has 0 aliphatic carbocycles. The van der Waals surface area contributed by atoms with Gasteiger partial charge < -0.3 is 10.2 Å². The van der Waals surface area contributed by atoms with Crippen molar-refractivity contribution in [1.82, 2.24) is 20.0 Å². The summed E-state index contributed by atoms with van der Waals surface area (Å²) >= 11 is 0. The van der Waals surface area contributed by atoms with E-state index in [1.54, 1.807) is 0 Å². The molecule has 27 heavy (non-hydrogen) atoms. The minimum absolute atomic E-state index is 0. The van der Waals surface area contributed by atoms with Crippen LogP contribution in [0.15, 0.2) is 30.3 Å². The maximum atomic E-state index is 3.59. The number of halogens is 2. The van der Waals surface area contributed by atoms with Crippen molar-refractivity contribution >= 4 is 24.8 Å². The second kappa shape index (κ2) is 11.0. The first kappa shape index (κ1) is 22.9. The molecule has 0 saturated carbocycles. The highest BCUT2D eigenvalue weighted by molar-refractivity contribution is 5.85. The Kier molecular flexibility index (Phi) is 9.33. The molecule has 3 saturated heterocycles. The predicted molar refractivity (Wildman–Crippen MR) is 118 cm³/mol. The van der Waals surface area contributed by atoms with Crippen molar-refractivity contribution in [3.8, 4) is 0 Å². The van der Waals surface area contributed by atoms with Crippen molar-refractivity contribution in [2.24, 2.45) is 5.41 Å². The Morgan fingerprint density at radius 1 is 0.815 bits per heavy atom. The van der Waals surface area contributed by atoms with Crippen LogP contribution in [0, 0.1) is 5.41 Å². The zero-order chi connectivity index (χ0) is 17.0. The Bertz CT molecular complexity index is 528. The standard InChI is InChI=1S/C21H34N4.2ClH/c1-2-5-20(6-3-1)17-24-14-11-23(12-15-24)13-16-25-10-4-7-21(19-25)8-9-22-18-21;;/h1-3,5-6,22H,4,7-19H2;2*1H. The lowest BCUT2D eigenvalue weighted by Crippen LogP contribution is -2.50. The summed E-state index contributed by atoms with van der Waals surface area (Å²) in [7, 11) is 0. The van der Waals surface area contributed by atoms with Crippen LogP contribution in [0.5, 0.6) is 0 Å². The van der Waals surface area contributed by atoms with Gasteiger partial charge in [-0.2, -0.15) is 0 Å². The fraction of sp³-hybridized carbons (Fsp3) is 0.714. The van der Waals surface area contributed by atoms with Gasteiger partial charge in [-0.25, -0.2) is 0 Å². The van der Waals surface area contributed by atoms with Crippen LogP contribution >= 0.6 is 24.8 Å². The number of likely N-dealkylation sites (tertiary alicyclic amines) is 1. The number of piperidine rings is 1. The molecule has 1 spiro atoms. The van der Waals surface area contributed by atoms with Crippen LogP contribution in [0.1, 0.15) is 24.8 Å². The number of benzene rings is 1. The van der Waals surface area contributed by atoms with E-state index in [4.69, 9.17) is 0 Å². The molecule has 3 aliphatic heterocycles. The third kappa shape index (κ3) is 6.31. The third-order valence-corrected chi connectivity index (χ3v) is 6.52. The van der Waals surface area contributed by atoms with Gasteiger partial charge in [0.15, 0.2) is 0 Å². The van der Waals surface area contributed by atoms with E-state index in [0.717, 1.165) is 6.54 Å². The number of hydrogen-bond acceptors (Lipinski definition) is 4. The molecule has 0 bridgehead atoms. The maximum absolute atomic E-state index is 3.59. The zero-order valence-corrected chi connectivity index (χ0v) is 18.1. The predicted octanol–water partition coefficient (Wildman–Crippen LogP) is 2.72. The molecule has 0 radical (unpaired) electrons. The second-order valence-corrected chi connectivity index (χ2v) is 8.41. The van der Waals surface area contributed by atoms with E-state index in [1.165, 1.54) is 90.3 Å². The van der Waals surface area contributed by atoms with Crippen molar-refractivity contribution in [3.05, 3.63) is 35.9 Å². The van der Waals surface area contributed by atoms with Crippen molar-refractivity contribution in [2.75, 3.05) is 65.4 Å². The lowest BCUT2D eigenvalue weighted by Gasteiger charge is -2.41. The molecule has 4 nitrogen and oxygen atoms in total. The van der Waals surface area contributed by atoms with Crippen molar-refractivity contribution in [3.63, 3.8) is 0 Å². The van der Waals surface area contributed by atoms with Crippen molar-refractivity contribution in [2.45, 2.75) is 25.8 Å². The molecule has 3 aliphatic rings. The van der Waals surface area contributed by atoms with Gasteiger partial charge in [0.2, 0.25) is 0 Å². The smallest absolute Gasteiger partial charge is 0.0234 e. The fourth-order valence-corrected chi connectivity index (χ4v) is 4.94. The molecule has 0 aromatic heterocycles. The average Bonchev–Trinajstić information content (AvgIpc) is 3.10. The fourth-order valence-electron chi connectivity index (χ4n) is 4.94. The van der Waals surface area contributed by atoms with Gasteiger partial charge >= 0.3 is 0 Å². The summed E-state index contributed by atoms with van der Waals surface area (Å²) in [4.78, 5) is 8.02. The number of piperazine rings is 1. The maximum Gasteiger partial charge on any atom is 0.0234 e. The van der Waals surface area contributed by atoms with E-state index in [0.29, 0.717) is 5.41 Å². The third-order valence-electron chi connectivity index (χ3n) is 6.52. The summed E-state index contributed by atoms with van der Waals surface area (Å²) in [5.41, 5.74) is 2.05. The molecule has 1 atom stereocenters. The first-order valence-corrected chi connectivity index (χ1v) is 10.2. The molecule has 6 heteroatoms. The quantitative estimate of drug-likeness (QED) is 0.798. The number of hydrogen-bond donors (Lipinski definition) is 1. The van der Waals surface area contributed by atoms with Gasteiger partial charge in [-0.1, -0.05) is 30.3 Å². The molecule has 154 valence electrons. The van der Waals surface area contributed by atoms with Crippen LogP contribution in [-0.4, -0.2) is 80.1 Å².